The Morgan fingerprint density at radius 3 is 2.06 bits per heavy atom. The van der Waals surface area contributed by atoms with Crippen molar-refractivity contribution in [2.24, 2.45) is 28.8 Å². The lowest BCUT2D eigenvalue weighted by molar-refractivity contribution is -0.332. The van der Waals surface area contributed by atoms with E-state index in [9.17, 15) is 50.4 Å². The first-order valence-electron chi connectivity index (χ1n) is 15.8. The minimum Gasteiger partial charge on any atom is -0.394 e. The van der Waals surface area contributed by atoms with Gasteiger partial charge in [0.2, 0.25) is 5.91 Å². The van der Waals surface area contributed by atoms with Gasteiger partial charge in [0.1, 0.15) is 67.1 Å². The molecule has 22 heteroatoms. The molecule has 3 heterocycles. The van der Waals surface area contributed by atoms with E-state index in [1.165, 1.54) is 12.4 Å². The number of hydrazine groups is 1. The van der Waals surface area contributed by atoms with Crippen molar-refractivity contribution in [3.05, 3.63) is 30.1 Å². The Hall–Kier alpha value is -2.59. The molecular weight excluding hydrogens is 672 g/mol. The van der Waals surface area contributed by atoms with Crippen LogP contribution in [0.25, 0.3) is 0 Å². The Labute approximate surface area is 286 Å². The van der Waals surface area contributed by atoms with Crippen LogP contribution in [0.5, 0.6) is 0 Å². The van der Waals surface area contributed by atoms with E-state index in [2.05, 4.69) is 10.3 Å². The number of nitrogens with one attached hydrogen (secondary N) is 2. The molecule has 0 radical (unpaired) electrons. The molecule has 50 heavy (non-hydrogen) atoms. The molecule has 2 saturated heterocycles. The maximum atomic E-state index is 12.6. The minimum absolute atomic E-state index is 0.0101. The molecule has 4 rings (SSSR count). The van der Waals surface area contributed by atoms with Crippen LogP contribution in [-0.4, -0.2) is 175 Å². The Bertz CT molecular complexity index is 1190. The fourth-order valence-corrected chi connectivity index (χ4v) is 5.65. The number of aromatic nitrogens is 1. The number of pyridine rings is 1. The average Bonchev–Trinajstić information content (AvgIpc) is 3.11. The van der Waals surface area contributed by atoms with Crippen LogP contribution in [0.4, 0.5) is 0 Å². The summed E-state index contributed by atoms with van der Waals surface area (Å²) in [4.78, 5) is 27.1. The van der Waals surface area contributed by atoms with Crippen LogP contribution in [0.1, 0.15) is 23.2 Å². The predicted molar refractivity (Wildman–Crippen MR) is 167 cm³/mol. The highest BCUT2D eigenvalue weighted by Gasteiger charge is 2.52. The number of nitrogens with two attached hydrogens (primary N) is 5. The molecule has 0 spiro atoms. The second-order valence-electron chi connectivity index (χ2n) is 12.0. The number of aliphatic hydroxyl groups is 8. The van der Waals surface area contributed by atoms with E-state index in [0.29, 0.717) is 5.56 Å². The number of hydrogen-bond acceptors (Lipinski definition) is 20. The quantitative estimate of drug-likeness (QED) is 0.0572. The van der Waals surface area contributed by atoms with Crippen LogP contribution in [0.15, 0.2) is 24.5 Å². The van der Waals surface area contributed by atoms with E-state index in [0.717, 1.165) is 0 Å². The van der Waals surface area contributed by atoms with Crippen LogP contribution in [0.2, 0.25) is 0 Å². The van der Waals surface area contributed by atoms with Gasteiger partial charge >= 0.3 is 0 Å². The van der Waals surface area contributed by atoms with Crippen molar-refractivity contribution in [2.45, 2.75) is 111 Å². The molecule has 3 fully saturated rings. The van der Waals surface area contributed by atoms with Crippen molar-refractivity contribution >= 4 is 11.8 Å². The molecule has 20 N–H and O–H groups in total. The van der Waals surface area contributed by atoms with E-state index < -0.39 is 110 Å². The summed E-state index contributed by atoms with van der Waals surface area (Å²) in [5.41, 5.74) is 25.6. The number of hydrogen-bond donors (Lipinski definition) is 15. The average molecular weight is 723 g/mol. The summed E-state index contributed by atoms with van der Waals surface area (Å²) in [5.74, 6) is 3.74. The summed E-state index contributed by atoms with van der Waals surface area (Å²) >= 11 is 0. The number of nitrogen functional groups attached to an aromatic ring is 1. The van der Waals surface area contributed by atoms with Crippen molar-refractivity contribution in [1.82, 2.24) is 15.7 Å². The predicted octanol–water partition coefficient (Wildman–Crippen LogP) is -8.74. The van der Waals surface area contributed by atoms with Gasteiger partial charge in [0, 0.05) is 30.5 Å². The van der Waals surface area contributed by atoms with E-state index in [-0.39, 0.29) is 31.8 Å². The first-order chi connectivity index (χ1) is 23.7. The standard InChI is InChI=1S/C22H43N5O13.C6H7N3O/c23-2-1-8(29)20(36)27-7-3-6(25)18(39-22-16(34)15(33)13(31)9(4-24)37-22)17(35)19(7)40-21-14(32)11(26)12(30)10(5-28)38-21;7-9-6(10)5-1-3-8-4-2-5/h6-19,21-22,28-35H,1-5,23-26H2,(H,27,36);1-4H,7H2,(H,9,10)/t6?,7?,8-,9?,10?,11?,12?,13?,14?,15?,16?,17?,18?,19?,21?,22?;/m1./s1. The molecule has 0 aromatic carbocycles. The molecule has 3 aliphatic rings. The number of amides is 2. The molecule has 2 amide bonds. The lowest BCUT2D eigenvalue weighted by atomic mass is 9.83. The zero-order chi connectivity index (χ0) is 37.3. The third-order valence-electron chi connectivity index (χ3n) is 8.58. The van der Waals surface area contributed by atoms with Crippen LogP contribution < -0.4 is 39.5 Å². The van der Waals surface area contributed by atoms with Crippen molar-refractivity contribution in [1.29, 1.82) is 0 Å². The lowest BCUT2D eigenvalue weighted by Gasteiger charge is -2.49. The monoisotopic (exact) mass is 722 g/mol. The van der Waals surface area contributed by atoms with Gasteiger partial charge in [-0.15, -0.1) is 0 Å². The van der Waals surface area contributed by atoms with E-state index in [1.807, 2.05) is 5.43 Å². The van der Waals surface area contributed by atoms with Gasteiger partial charge in [0.15, 0.2) is 12.6 Å². The fourth-order valence-electron chi connectivity index (χ4n) is 5.65. The summed E-state index contributed by atoms with van der Waals surface area (Å²) in [6.07, 6.45) is -16.8. The molecule has 286 valence electrons. The highest BCUT2D eigenvalue weighted by Crippen LogP contribution is 2.32. The number of ether oxygens (including phenoxy) is 4. The first-order valence-corrected chi connectivity index (χ1v) is 15.8. The second-order valence-corrected chi connectivity index (χ2v) is 12.0. The van der Waals surface area contributed by atoms with Gasteiger partial charge in [-0.3, -0.25) is 20.0 Å². The molecule has 1 saturated carbocycles. The Morgan fingerprint density at radius 1 is 0.880 bits per heavy atom. The maximum absolute atomic E-state index is 12.6. The van der Waals surface area contributed by atoms with E-state index >= 15 is 0 Å². The highest BCUT2D eigenvalue weighted by molar-refractivity contribution is 5.93. The number of carbonyl (C=O) groups is 2. The van der Waals surface area contributed by atoms with Gasteiger partial charge in [0.25, 0.3) is 5.91 Å². The van der Waals surface area contributed by atoms with E-state index in [4.69, 9.17) is 47.7 Å². The summed E-state index contributed by atoms with van der Waals surface area (Å²) in [6, 6.07) is -0.283. The Morgan fingerprint density at radius 2 is 1.48 bits per heavy atom. The second kappa shape index (κ2) is 19.3. The molecule has 1 aromatic rings. The molecule has 1 aromatic heterocycles. The van der Waals surface area contributed by atoms with Gasteiger partial charge in [-0.2, -0.15) is 0 Å². The van der Waals surface area contributed by atoms with Crippen LogP contribution >= 0.6 is 0 Å². The largest absolute Gasteiger partial charge is 0.394 e. The fraction of sp³-hybridized carbons (Fsp3) is 0.750. The minimum atomic E-state index is -1.76. The first kappa shape index (κ1) is 41.8. The lowest BCUT2D eigenvalue weighted by Crippen LogP contribution is -2.69. The third-order valence-corrected chi connectivity index (χ3v) is 8.58. The van der Waals surface area contributed by atoms with E-state index in [1.54, 1.807) is 12.1 Å². The zero-order valence-electron chi connectivity index (χ0n) is 26.9. The molecule has 2 aliphatic heterocycles. The smallest absolute Gasteiger partial charge is 0.265 e. The Kier molecular flexibility index (Phi) is 16.1. The molecule has 1 aliphatic carbocycles. The Balaban J connectivity index is 0.000000578. The van der Waals surface area contributed by atoms with Crippen molar-refractivity contribution in [3.8, 4) is 0 Å². The van der Waals surface area contributed by atoms with Gasteiger partial charge in [-0.25, -0.2) is 5.84 Å². The SMILES string of the molecule is NCC[C@@H](O)C(=O)NC1CC(N)C(OC2OC(CN)C(O)C(O)C2O)C(O)C1OC1OC(CO)C(O)C(N)C1O.NNC(=O)c1ccncc1. The van der Waals surface area contributed by atoms with Crippen molar-refractivity contribution in [2.75, 3.05) is 19.7 Å². The van der Waals surface area contributed by atoms with Gasteiger partial charge < -0.3 is 88.1 Å². The summed E-state index contributed by atoms with van der Waals surface area (Å²) in [6.45, 7) is -0.898. The third kappa shape index (κ3) is 10.0. The van der Waals surface area contributed by atoms with Gasteiger partial charge in [-0.1, -0.05) is 0 Å². The molecule has 0 bridgehead atoms. The molecule has 15 unspecified atom stereocenters. The van der Waals surface area contributed by atoms with Crippen molar-refractivity contribution in [3.63, 3.8) is 0 Å². The zero-order valence-corrected chi connectivity index (χ0v) is 26.9. The van der Waals surface area contributed by atoms with Crippen LogP contribution in [0.3, 0.4) is 0 Å². The van der Waals surface area contributed by atoms with Crippen LogP contribution in [-0.2, 0) is 23.7 Å². The summed E-state index contributed by atoms with van der Waals surface area (Å²) in [7, 11) is 0. The highest BCUT2D eigenvalue weighted by atomic mass is 16.7. The normalized spacial score (nSPS) is 39.4. The van der Waals surface area contributed by atoms with Crippen molar-refractivity contribution < 1.29 is 69.4 Å². The van der Waals surface area contributed by atoms with Gasteiger partial charge in [-0.05, 0) is 31.5 Å². The molecule has 22 nitrogen and oxygen atoms in total. The maximum Gasteiger partial charge on any atom is 0.265 e. The number of carbonyl (C=O) groups excluding carboxylic acids is 2. The number of aliphatic hydroxyl groups excluding tert-OH is 8. The summed E-state index contributed by atoms with van der Waals surface area (Å²) < 4.78 is 22.5. The number of nitrogens with zero attached hydrogens (tertiary/aromatic N) is 1. The summed E-state index contributed by atoms with van der Waals surface area (Å²) in [5, 5.41) is 84.9. The number of rotatable bonds is 11. The molecule has 16 atom stereocenters. The van der Waals surface area contributed by atoms with Crippen LogP contribution in [0, 0.1) is 0 Å². The topological polar surface area (TPSA) is 400 Å². The molecular formula is C28H50N8O14. The van der Waals surface area contributed by atoms with Gasteiger partial charge in [0.05, 0.1) is 18.7 Å².